The van der Waals surface area contributed by atoms with Gasteiger partial charge in [-0.1, -0.05) is 30.3 Å². The number of aliphatic hydroxyl groups excluding tert-OH is 4. The van der Waals surface area contributed by atoms with E-state index in [1.165, 1.54) is 0 Å². The van der Waals surface area contributed by atoms with Gasteiger partial charge >= 0.3 is 0 Å². The topological polar surface area (TPSA) is 99.4 Å². The molecule has 1 aliphatic rings. The van der Waals surface area contributed by atoms with Gasteiger partial charge in [0, 0.05) is 0 Å². The summed E-state index contributed by atoms with van der Waals surface area (Å²) in [6, 6.07) is 13.1. The van der Waals surface area contributed by atoms with Crippen LogP contribution in [0.25, 0.3) is 10.8 Å². The average Bonchev–Trinajstić information content (AvgIpc) is 2.54. The van der Waals surface area contributed by atoms with Crippen LogP contribution in [0.2, 0.25) is 0 Å². The third kappa shape index (κ3) is 2.79. The summed E-state index contributed by atoms with van der Waals surface area (Å²) in [6.45, 7) is -0.502. The van der Waals surface area contributed by atoms with Gasteiger partial charge < -0.3 is 29.9 Å². The SMILES string of the molecule is OC[C@H]1O[C@@H](O)[C@H](Oc2ccc3ccccc3c2)[C@@H](O)[C@H]1O. The average molecular weight is 306 g/mol. The summed E-state index contributed by atoms with van der Waals surface area (Å²) in [5.74, 6) is 0.444. The van der Waals surface area contributed by atoms with Crippen LogP contribution in [-0.2, 0) is 4.74 Å². The number of rotatable bonds is 3. The van der Waals surface area contributed by atoms with Crippen LogP contribution in [0.5, 0.6) is 5.75 Å². The molecule has 0 saturated carbocycles. The zero-order valence-corrected chi connectivity index (χ0v) is 11.7. The molecule has 0 radical (unpaired) electrons. The Bertz CT molecular complexity index is 645. The molecule has 22 heavy (non-hydrogen) atoms. The van der Waals surface area contributed by atoms with Crippen molar-refractivity contribution >= 4 is 10.8 Å². The maximum absolute atomic E-state index is 10.1. The molecule has 1 aliphatic heterocycles. The standard InChI is InChI=1S/C16H18O6/c17-8-12-13(18)14(19)15(16(20)22-12)21-11-6-5-9-3-1-2-4-10(9)7-11/h1-7,12-20H,8H2/t12-,13+,14+,15-,16-/m1/s1. The van der Waals surface area contributed by atoms with E-state index in [0.717, 1.165) is 10.8 Å². The minimum absolute atomic E-state index is 0.444. The number of aliphatic hydroxyl groups is 4. The van der Waals surface area contributed by atoms with E-state index < -0.39 is 37.3 Å². The third-order valence-electron chi connectivity index (χ3n) is 3.84. The molecular formula is C16H18O6. The maximum atomic E-state index is 10.1. The summed E-state index contributed by atoms with van der Waals surface area (Å²) >= 11 is 0. The van der Waals surface area contributed by atoms with Crippen molar-refractivity contribution in [3.8, 4) is 5.75 Å². The number of ether oxygens (including phenoxy) is 2. The van der Waals surface area contributed by atoms with Gasteiger partial charge in [-0.05, 0) is 22.9 Å². The summed E-state index contributed by atoms with van der Waals surface area (Å²) in [7, 11) is 0. The fourth-order valence-electron chi connectivity index (χ4n) is 2.60. The highest BCUT2D eigenvalue weighted by Gasteiger charge is 2.45. The van der Waals surface area contributed by atoms with Gasteiger partial charge in [0.25, 0.3) is 0 Å². The van der Waals surface area contributed by atoms with Gasteiger partial charge in [0.15, 0.2) is 12.4 Å². The molecule has 0 bridgehead atoms. The molecule has 2 aromatic carbocycles. The van der Waals surface area contributed by atoms with Crippen LogP contribution < -0.4 is 4.74 Å². The van der Waals surface area contributed by atoms with E-state index in [-0.39, 0.29) is 0 Å². The van der Waals surface area contributed by atoms with Crippen LogP contribution in [0.1, 0.15) is 0 Å². The van der Waals surface area contributed by atoms with Crippen LogP contribution in [-0.4, -0.2) is 57.7 Å². The Hall–Kier alpha value is -1.70. The minimum Gasteiger partial charge on any atom is -0.482 e. The van der Waals surface area contributed by atoms with Crippen LogP contribution in [0.3, 0.4) is 0 Å². The van der Waals surface area contributed by atoms with Crippen LogP contribution in [0.4, 0.5) is 0 Å². The molecule has 0 aliphatic carbocycles. The van der Waals surface area contributed by atoms with E-state index in [4.69, 9.17) is 14.6 Å². The number of fused-ring (bicyclic) bond motifs is 1. The van der Waals surface area contributed by atoms with Crippen molar-refractivity contribution in [2.45, 2.75) is 30.7 Å². The number of hydrogen-bond acceptors (Lipinski definition) is 6. The summed E-state index contributed by atoms with van der Waals surface area (Å²) in [6.07, 6.45) is -6.33. The normalized spacial score (nSPS) is 32.1. The lowest BCUT2D eigenvalue weighted by Crippen LogP contribution is -2.60. The maximum Gasteiger partial charge on any atom is 0.195 e. The zero-order valence-electron chi connectivity index (χ0n) is 11.7. The van der Waals surface area contributed by atoms with Crippen molar-refractivity contribution in [1.82, 2.24) is 0 Å². The first-order valence-corrected chi connectivity index (χ1v) is 7.06. The first kappa shape index (κ1) is 15.2. The molecular weight excluding hydrogens is 288 g/mol. The van der Waals surface area contributed by atoms with Crippen molar-refractivity contribution in [1.29, 1.82) is 0 Å². The molecule has 1 saturated heterocycles. The lowest BCUT2D eigenvalue weighted by molar-refractivity contribution is -0.280. The predicted octanol–water partition coefficient (Wildman–Crippen LogP) is 0.0185. The van der Waals surface area contributed by atoms with Crippen molar-refractivity contribution < 1.29 is 29.9 Å². The second kappa shape index (κ2) is 6.20. The highest BCUT2D eigenvalue weighted by molar-refractivity contribution is 5.83. The van der Waals surface area contributed by atoms with Crippen molar-refractivity contribution in [2.75, 3.05) is 6.61 Å². The van der Waals surface area contributed by atoms with Gasteiger partial charge in [0.2, 0.25) is 0 Å². The Balaban J connectivity index is 1.81. The number of benzene rings is 2. The second-order valence-corrected chi connectivity index (χ2v) is 5.32. The molecule has 5 atom stereocenters. The van der Waals surface area contributed by atoms with Crippen LogP contribution in [0.15, 0.2) is 42.5 Å². The molecule has 3 rings (SSSR count). The molecule has 118 valence electrons. The lowest BCUT2D eigenvalue weighted by Gasteiger charge is -2.39. The molecule has 4 N–H and O–H groups in total. The molecule has 1 fully saturated rings. The van der Waals surface area contributed by atoms with Crippen molar-refractivity contribution in [3.05, 3.63) is 42.5 Å². The second-order valence-electron chi connectivity index (χ2n) is 5.32. The fourth-order valence-corrected chi connectivity index (χ4v) is 2.60. The monoisotopic (exact) mass is 306 g/mol. The van der Waals surface area contributed by atoms with E-state index >= 15 is 0 Å². The van der Waals surface area contributed by atoms with E-state index in [0.29, 0.717) is 5.75 Å². The van der Waals surface area contributed by atoms with Crippen LogP contribution in [0, 0.1) is 0 Å². The molecule has 1 heterocycles. The Morgan fingerprint density at radius 1 is 0.955 bits per heavy atom. The Morgan fingerprint density at radius 3 is 2.41 bits per heavy atom. The summed E-state index contributed by atoms with van der Waals surface area (Å²) in [5, 5.41) is 40.8. The lowest BCUT2D eigenvalue weighted by atomic mass is 9.99. The fraction of sp³-hybridized carbons (Fsp3) is 0.375. The summed E-state index contributed by atoms with van der Waals surface area (Å²) < 4.78 is 10.6. The van der Waals surface area contributed by atoms with Crippen molar-refractivity contribution in [3.63, 3.8) is 0 Å². The molecule has 2 aromatic rings. The smallest absolute Gasteiger partial charge is 0.195 e. The van der Waals surface area contributed by atoms with E-state index in [1.54, 1.807) is 12.1 Å². The van der Waals surface area contributed by atoms with E-state index in [9.17, 15) is 15.3 Å². The molecule has 0 unspecified atom stereocenters. The quantitative estimate of drug-likeness (QED) is 0.638. The van der Waals surface area contributed by atoms with Gasteiger partial charge in [-0.15, -0.1) is 0 Å². The Labute approximate surface area is 127 Å². The van der Waals surface area contributed by atoms with Gasteiger partial charge in [-0.25, -0.2) is 0 Å². The predicted molar refractivity (Wildman–Crippen MR) is 78.3 cm³/mol. The highest BCUT2D eigenvalue weighted by Crippen LogP contribution is 2.26. The van der Waals surface area contributed by atoms with Crippen molar-refractivity contribution in [2.24, 2.45) is 0 Å². The minimum atomic E-state index is -1.44. The Morgan fingerprint density at radius 2 is 1.68 bits per heavy atom. The largest absolute Gasteiger partial charge is 0.482 e. The van der Waals surface area contributed by atoms with Crippen LogP contribution >= 0.6 is 0 Å². The van der Waals surface area contributed by atoms with E-state index in [2.05, 4.69) is 0 Å². The molecule has 0 spiro atoms. The molecule has 0 aromatic heterocycles. The van der Waals surface area contributed by atoms with Gasteiger partial charge in [0.1, 0.15) is 24.1 Å². The molecule has 6 nitrogen and oxygen atoms in total. The number of hydrogen-bond donors (Lipinski definition) is 4. The highest BCUT2D eigenvalue weighted by atomic mass is 16.7. The van der Waals surface area contributed by atoms with Gasteiger partial charge in [-0.3, -0.25) is 0 Å². The Kier molecular flexibility index (Phi) is 4.28. The molecule has 0 amide bonds. The third-order valence-corrected chi connectivity index (χ3v) is 3.84. The summed E-state index contributed by atoms with van der Waals surface area (Å²) in [5.41, 5.74) is 0. The summed E-state index contributed by atoms with van der Waals surface area (Å²) in [4.78, 5) is 0. The van der Waals surface area contributed by atoms with E-state index in [1.807, 2.05) is 30.3 Å². The van der Waals surface area contributed by atoms with Gasteiger partial charge in [0.05, 0.1) is 6.61 Å². The first-order valence-electron chi connectivity index (χ1n) is 7.06. The first-order chi connectivity index (χ1) is 10.6. The molecule has 6 heteroatoms. The van der Waals surface area contributed by atoms with Gasteiger partial charge in [-0.2, -0.15) is 0 Å². The zero-order chi connectivity index (χ0) is 15.7.